The second-order valence-electron chi connectivity index (χ2n) is 18.2. The highest BCUT2D eigenvalue weighted by Crippen LogP contribution is 2.44. The van der Waals surface area contributed by atoms with Crippen LogP contribution in [-0.2, 0) is 16.2 Å². The van der Waals surface area contributed by atoms with Crippen LogP contribution >= 0.6 is 0 Å². The molecule has 0 saturated carbocycles. The molecule has 2 aromatic heterocycles. The van der Waals surface area contributed by atoms with Crippen molar-refractivity contribution in [2.24, 2.45) is 0 Å². The Kier molecular flexibility index (Phi) is 9.53. The fourth-order valence-electron chi connectivity index (χ4n) is 7.29. The Bertz CT molecular complexity index is 2240. The second kappa shape index (κ2) is 13.4. The van der Waals surface area contributed by atoms with Crippen molar-refractivity contribution in [1.29, 1.82) is 0 Å². The normalized spacial score (nSPS) is 12.8. The molecule has 52 heavy (non-hydrogen) atoms. The van der Waals surface area contributed by atoms with Gasteiger partial charge in [-0.3, -0.25) is 9.55 Å². The molecule has 6 aromatic rings. The highest BCUT2D eigenvalue weighted by atomic mass is 16.3. The van der Waals surface area contributed by atoms with Crippen LogP contribution in [0.3, 0.4) is 0 Å². The van der Waals surface area contributed by atoms with Crippen molar-refractivity contribution in [3.63, 3.8) is 0 Å². The summed E-state index contributed by atoms with van der Waals surface area (Å²) in [4.78, 5) is 10.5. The number of para-hydroxylation sites is 2. The number of benzene rings is 4. The van der Waals surface area contributed by atoms with Gasteiger partial charge in [0.15, 0.2) is 0 Å². The van der Waals surface area contributed by atoms with Crippen molar-refractivity contribution in [2.45, 2.75) is 118 Å². The maximum Gasteiger partial charge on any atom is 0.149 e. The van der Waals surface area contributed by atoms with E-state index in [4.69, 9.17) is 9.97 Å². The quantitative estimate of drug-likeness (QED) is 0.189. The number of phenolic OH excluding ortho intramolecular Hbond substituents is 1. The predicted octanol–water partition coefficient (Wildman–Crippen LogP) is 13.3. The van der Waals surface area contributed by atoms with Crippen LogP contribution in [0.1, 0.15) is 130 Å². The van der Waals surface area contributed by atoms with Crippen LogP contribution in [-0.4, -0.2) is 19.6 Å². The van der Waals surface area contributed by atoms with Crippen molar-refractivity contribution in [2.75, 3.05) is 0 Å². The molecular weight excluding hydrogens is 635 g/mol. The molecule has 4 heteroatoms. The Hall–Kier alpha value is -4.70. The van der Waals surface area contributed by atoms with E-state index in [0.29, 0.717) is 5.56 Å². The van der Waals surface area contributed by atoms with Gasteiger partial charge in [-0.1, -0.05) is 132 Å². The lowest BCUT2D eigenvalue weighted by molar-refractivity contribution is 0.477. The Morgan fingerprint density at radius 2 is 1.23 bits per heavy atom. The summed E-state index contributed by atoms with van der Waals surface area (Å²) >= 11 is 0. The van der Waals surface area contributed by atoms with Crippen molar-refractivity contribution < 1.29 is 5.11 Å². The van der Waals surface area contributed by atoms with Gasteiger partial charge >= 0.3 is 0 Å². The van der Waals surface area contributed by atoms with Crippen LogP contribution in [0.2, 0.25) is 0 Å². The fraction of sp³-hybridized carbons (Fsp3) is 0.375. The molecule has 4 nitrogen and oxygen atoms in total. The zero-order valence-electron chi connectivity index (χ0n) is 33.6. The molecule has 1 N–H and O–H groups in total. The van der Waals surface area contributed by atoms with Crippen molar-refractivity contribution >= 4 is 11.0 Å². The molecular formula is C48H57N3O. The number of hydrogen-bond acceptors (Lipinski definition) is 3. The zero-order valence-corrected chi connectivity index (χ0v) is 33.6. The van der Waals surface area contributed by atoms with Crippen molar-refractivity contribution in [3.05, 3.63) is 119 Å². The summed E-state index contributed by atoms with van der Waals surface area (Å²) < 4.78 is 2.34. The molecule has 0 fully saturated rings. The van der Waals surface area contributed by atoms with Gasteiger partial charge in [0.05, 0.1) is 28.0 Å². The van der Waals surface area contributed by atoms with Crippen LogP contribution in [0.25, 0.3) is 50.5 Å². The first-order chi connectivity index (χ1) is 24.3. The Labute approximate surface area is 312 Å². The maximum absolute atomic E-state index is 11.4. The van der Waals surface area contributed by atoms with E-state index in [1.54, 1.807) is 6.07 Å². The van der Waals surface area contributed by atoms with E-state index in [0.717, 1.165) is 44.9 Å². The van der Waals surface area contributed by atoms with E-state index in [9.17, 15) is 5.11 Å². The number of hydrogen-bond donors (Lipinski definition) is 1. The monoisotopic (exact) mass is 691 g/mol. The molecule has 0 aliphatic rings. The summed E-state index contributed by atoms with van der Waals surface area (Å²) in [6, 6.07) is 30.2. The summed E-state index contributed by atoms with van der Waals surface area (Å²) in [5.41, 5.74) is 14.1. The molecule has 0 saturated heterocycles. The van der Waals surface area contributed by atoms with E-state index in [1.165, 1.54) is 27.8 Å². The Morgan fingerprint density at radius 3 is 1.81 bits per heavy atom. The molecule has 6 rings (SSSR count). The van der Waals surface area contributed by atoms with Crippen LogP contribution in [0.5, 0.6) is 5.75 Å². The fourth-order valence-corrected chi connectivity index (χ4v) is 7.29. The van der Waals surface area contributed by atoms with E-state index < -0.39 is 0 Å². The topological polar surface area (TPSA) is 50.9 Å². The van der Waals surface area contributed by atoms with Gasteiger partial charge in [-0.2, -0.15) is 0 Å². The number of phenols is 1. The molecule has 0 aliphatic carbocycles. The van der Waals surface area contributed by atoms with E-state index in [2.05, 4.69) is 155 Å². The minimum atomic E-state index is -0.137. The highest BCUT2D eigenvalue weighted by molar-refractivity contribution is 5.98. The standard InChI is InChI=1S/C48H57N3O/c1-29(2)34-18-16-19-35(30(3)4)44(34)51-41-28-33(47(8,9)10)26-37(43(41)50-45(51)36-17-14-15-20-42(36)52)31-21-22-39(48(11,12)13)38(25-31)40-27-32(23-24-49-40)46(5,6)7/h14-30,52H,1-13H3. The van der Waals surface area contributed by atoms with Gasteiger partial charge < -0.3 is 5.11 Å². The first kappa shape index (κ1) is 37.1. The van der Waals surface area contributed by atoms with E-state index in [1.807, 2.05) is 24.4 Å². The number of rotatable bonds is 6. The molecule has 4 aromatic carbocycles. The minimum Gasteiger partial charge on any atom is -0.507 e. The van der Waals surface area contributed by atoms with Gasteiger partial charge in [0.2, 0.25) is 0 Å². The number of aromatic hydroxyl groups is 1. The first-order valence-corrected chi connectivity index (χ1v) is 18.9. The Morgan fingerprint density at radius 1 is 0.596 bits per heavy atom. The lowest BCUT2D eigenvalue weighted by Gasteiger charge is -2.26. The molecule has 0 unspecified atom stereocenters. The molecule has 0 atom stereocenters. The number of fused-ring (bicyclic) bond motifs is 1. The number of pyridine rings is 1. The third-order valence-corrected chi connectivity index (χ3v) is 10.4. The summed E-state index contributed by atoms with van der Waals surface area (Å²) in [5, 5.41) is 11.4. The van der Waals surface area contributed by atoms with Gasteiger partial charge in [0.1, 0.15) is 11.6 Å². The Balaban J connectivity index is 1.78. The number of nitrogens with zero attached hydrogens (tertiary/aromatic N) is 3. The van der Waals surface area contributed by atoms with Crippen LogP contribution in [0.15, 0.2) is 91.1 Å². The van der Waals surface area contributed by atoms with Gasteiger partial charge in [-0.25, -0.2) is 4.98 Å². The summed E-state index contributed by atoms with van der Waals surface area (Å²) in [7, 11) is 0. The minimum absolute atomic E-state index is 0.00223. The van der Waals surface area contributed by atoms with Gasteiger partial charge in [-0.05, 0) is 104 Å². The molecule has 0 amide bonds. The molecule has 2 heterocycles. The van der Waals surface area contributed by atoms with Gasteiger partial charge in [-0.15, -0.1) is 0 Å². The lowest BCUT2D eigenvalue weighted by Crippen LogP contribution is -2.14. The third-order valence-electron chi connectivity index (χ3n) is 10.4. The lowest BCUT2D eigenvalue weighted by atomic mass is 9.80. The van der Waals surface area contributed by atoms with E-state index >= 15 is 0 Å². The average Bonchev–Trinajstić information content (AvgIpc) is 3.45. The first-order valence-electron chi connectivity index (χ1n) is 18.9. The van der Waals surface area contributed by atoms with Crippen molar-refractivity contribution in [1.82, 2.24) is 14.5 Å². The molecule has 0 bridgehead atoms. The third kappa shape index (κ3) is 6.93. The second-order valence-corrected chi connectivity index (χ2v) is 18.2. The van der Waals surface area contributed by atoms with Crippen LogP contribution in [0, 0.1) is 0 Å². The summed E-state index contributed by atoms with van der Waals surface area (Å²) in [6.07, 6.45) is 1.95. The summed E-state index contributed by atoms with van der Waals surface area (Å²) in [5.74, 6) is 1.50. The van der Waals surface area contributed by atoms with Gasteiger partial charge in [0, 0.05) is 17.3 Å². The molecule has 0 spiro atoms. The smallest absolute Gasteiger partial charge is 0.149 e. The largest absolute Gasteiger partial charge is 0.507 e. The predicted molar refractivity (Wildman–Crippen MR) is 221 cm³/mol. The van der Waals surface area contributed by atoms with Crippen molar-refractivity contribution in [3.8, 4) is 45.2 Å². The van der Waals surface area contributed by atoms with Gasteiger partial charge in [0.25, 0.3) is 0 Å². The van der Waals surface area contributed by atoms with Crippen LogP contribution in [0.4, 0.5) is 0 Å². The van der Waals surface area contributed by atoms with Crippen LogP contribution < -0.4 is 0 Å². The molecule has 270 valence electrons. The number of imidazole rings is 1. The SMILES string of the molecule is CC(C)c1cccc(C(C)C)c1-n1c(-c2ccccc2O)nc2c(-c3ccc(C(C)(C)C)c(-c4cc(C(C)(C)C)ccn4)c3)cc(C(C)(C)C)cc21. The number of aromatic nitrogens is 3. The van der Waals surface area contributed by atoms with E-state index in [-0.39, 0.29) is 33.8 Å². The zero-order chi connectivity index (χ0) is 37.9. The molecule has 0 radical (unpaired) electrons. The maximum atomic E-state index is 11.4. The molecule has 0 aliphatic heterocycles. The highest BCUT2D eigenvalue weighted by Gasteiger charge is 2.28. The summed E-state index contributed by atoms with van der Waals surface area (Å²) in [6.45, 7) is 29.4. The average molecular weight is 692 g/mol.